The number of allylic oxidation sites excluding steroid dienone is 3. The minimum atomic E-state index is -0.575. The maximum absolute atomic E-state index is 12.8. The van der Waals surface area contributed by atoms with Crippen LogP contribution >= 0.6 is 0 Å². The van der Waals surface area contributed by atoms with E-state index in [1.807, 2.05) is 18.2 Å². The average Bonchev–Trinajstić information content (AvgIpc) is 3.19. The van der Waals surface area contributed by atoms with Crippen molar-refractivity contribution in [1.82, 2.24) is 9.88 Å². The van der Waals surface area contributed by atoms with Crippen LogP contribution in [0.5, 0.6) is 0 Å². The van der Waals surface area contributed by atoms with Gasteiger partial charge in [0.2, 0.25) is 0 Å². The van der Waals surface area contributed by atoms with Gasteiger partial charge in [0, 0.05) is 25.4 Å². The molecule has 1 aliphatic heterocycles. The van der Waals surface area contributed by atoms with Crippen molar-refractivity contribution in [3.8, 4) is 0 Å². The summed E-state index contributed by atoms with van der Waals surface area (Å²) in [6.45, 7) is 4.27. The van der Waals surface area contributed by atoms with Gasteiger partial charge in [-0.1, -0.05) is 12.2 Å². The lowest BCUT2D eigenvalue weighted by atomic mass is 10.0. The van der Waals surface area contributed by atoms with E-state index in [0.29, 0.717) is 30.7 Å². The molecule has 1 saturated heterocycles. The summed E-state index contributed by atoms with van der Waals surface area (Å²) in [5.41, 5.74) is 1.56. The molecule has 0 spiro atoms. The first kappa shape index (κ1) is 18.9. The second-order valence-electron chi connectivity index (χ2n) is 6.58. The molecule has 2 atom stereocenters. The maximum Gasteiger partial charge on any atom is 0.329 e. The quantitative estimate of drug-likeness (QED) is 0.570. The number of carbonyl (C=O) groups excluding carboxylic acids is 2. The van der Waals surface area contributed by atoms with Gasteiger partial charge in [0.1, 0.15) is 11.8 Å². The Morgan fingerprint density at radius 1 is 1.44 bits per heavy atom. The van der Waals surface area contributed by atoms with E-state index in [1.54, 1.807) is 30.3 Å². The van der Waals surface area contributed by atoms with Crippen LogP contribution in [0.1, 0.15) is 36.0 Å². The van der Waals surface area contributed by atoms with Crippen LogP contribution in [0.2, 0.25) is 0 Å². The summed E-state index contributed by atoms with van der Waals surface area (Å²) >= 11 is 0. The number of aromatic nitrogens is 1. The first-order chi connectivity index (χ1) is 13.1. The number of nitrogens with zero attached hydrogens (tertiary/aromatic N) is 2. The lowest BCUT2D eigenvalue weighted by Gasteiger charge is -2.27. The number of rotatable bonds is 6. The minimum Gasteiger partial charge on any atom is -0.497 e. The van der Waals surface area contributed by atoms with E-state index in [0.717, 1.165) is 18.4 Å². The summed E-state index contributed by atoms with van der Waals surface area (Å²) in [5, 5.41) is 0. The number of hydrogen-bond donors (Lipinski definition) is 0. The van der Waals surface area contributed by atoms with E-state index in [9.17, 15) is 9.59 Å². The van der Waals surface area contributed by atoms with Crippen LogP contribution in [0, 0.1) is 0 Å². The largest absolute Gasteiger partial charge is 0.497 e. The van der Waals surface area contributed by atoms with Crippen molar-refractivity contribution in [1.29, 1.82) is 0 Å². The van der Waals surface area contributed by atoms with Crippen molar-refractivity contribution in [2.75, 3.05) is 13.7 Å². The third kappa shape index (κ3) is 4.27. The number of carbonyl (C=O) groups is 2. The molecule has 27 heavy (non-hydrogen) atoms. The molecule has 0 radical (unpaired) electrons. The van der Waals surface area contributed by atoms with Gasteiger partial charge >= 0.3 is 5.97 Å². The summed E-state index contributed by atoms with van der Waals surface area (Å²) in [6, 6.07) is 2.84. The molecule has 6 heteroatoms. The molecule has 2 aliphatic rings. The van der Waals surface area contributed by atoms with E-state index in [2.05, 4.69) is 11.6 Å². The molecule has 1 aromatic heterocycles. The third-order valence-corrected chi connectivity index (χ3v) is 4.81. The number of amides is 1. The number of methoxy groups -OCH3 is 1. The molecule has 3 rings (SSSR count). The highest BCUT2D eigenvalue weighted by molar-refractivity contribution is 5.96. The summed E-state index contributed by atoms with van der Waals surface area (Å²) in [7, 11) is 1.57. The highest BCUT2D eigenvalue weighted by atomic mass is 16.6. The second kappa shape index (κ2) is 8.66. The maximum atomic E-state index is 12.8. The molecule has 6 nitrogen and oxygen atoms in total. The summed E-state index contributed by atoms with van der Waals surface area (Å²) in [4.78, 5) is 31.1. The Balaban J connectivity index is 1.67. The Labute approximate surface area is 159 Å². The van der Waals surface area contributed by atoms with Crippen LogP contribution in [-0.4, -0.2) is 47.6 Å². The van der Waals surface area contributed by atoms with E-state index in [4.69, 9.17) is 9.47 Å². The number of ether oxygens (including phenoxy) is 2. The number of hydrogen-bond acceptors (Lipinski definition) is 5. The van der Waals surface area contributed by atoms with Gasteiger partial charge in [-0.05, 0) is 43.0 Å². The third-order valence-electron chi connectivity index (χ3n) is 4.81. The minimum absolute atomic E-state index is 0.193. The van der Waals surface area contributed by atoms with Crippen molar-refractivity contribution in [3.05, 3.63) is 66.2 Å². The van der Waals surface area contributed by atoms with Gasteiger partial charge in [0.05, 0.1) is 12.7 Å². The van der Waals surface area contributed by atoms with Gasteiger partial charge in [-0.2, -0.15) is 0 Å². The van der Waals surface area contributed by atoms with E-state index >= 15 is 0 Å². The Morgan fingerprint density at radius 3 is 3.00 bits per heavy atom. The fourth-order valence-electron chi connectivity index (χ4n) is 3.44. The van der Waals surface area contributed by atoms with Crippen LogP contribution in [0.25, 0.3) is 0 Å². The van der Waals surface area contributed by atoms with E-state index in [-0.39, 0.29) is 5.91 Å². The van der Waals surface area contributed by atoms with Crippen LogP contribution in [-0.2, 0) is 14.3 Å². The molecule has 0 N–H and O–H groups in total. The van der Waals surface area contributed by atoms with Crippen molar-refractivity contribution >= 4 is 11.9 Å². The zero-order valence-corrected chi connectivity index (χ0v) is 15.5. The van der Waals surface area contributed by atoms with Gasteiger partial charge < -0.3 is 14.4 Å². The summed E-state index contributed by atoms with van der Waals surface area (Å²) in [5.74, 6) is 0.0333. The smallest absolute Gasteiger partial charge is 0.329 e. The topological polar surface area (TPSA) is 68.7 Å². The zero-order valence-electron chi connectivity index (χ0n) is 15.5. The molecule has 1 fully saturated rings. The number of likely N-dealkylation sites (tertiary alicyclic amines) is 1. The summed E-state index contributed by atoms with van der Waals surface area (Å²) in [6.07, 6.45) is 11.1. The van der Waals surface area contributed by atoms with Crippen LogP contribution in [0.3, 0.4) is 0 Å². The molecule has 142 valence electrons. The van der Waals surface area contributed by atoms with E-state index in [1.165, 1.54) is 6.20 Å². The Hall–Kier alpha value is -2.89. The summed E-state index contributed by atoms with van der Waals surface area (Å²) < 4.78 is 11.1. The monoisotopic (exact) mass is 368 g/mol. The first-order valence-electron chi connectivity index (χ1n) is 9.11. The average molecular weight is 368 g/mol. The molecule has 0 aromatic carbocycles. The number of esters is 1. The lowest BCUT2D eigenvalue weighted by Crippen LogP contribution is -2.43. The van der Waals surface area contributed by atoms with Crippen molar-refractivity contribution in [3.63, 3.8) is 0 Å². The van der Waals surface area contributed by atoms with Crippen LogP contribution in [0.4, 0.5) is 0 Å². The van der Waals surface area contributed by atoms with Gasteiger partial charge in [-0.25, -0.2) is 4.79 Å². The molecule has 1 amide bonds. The van der Waals surface area contributed by atoms with Crippen molar-refractivity contribution in [2.45, 2.75) is 37.8 Å². The fraction of sp³-hybridized carbons (Fsp3) is 0.381. The highest BCUT2D eigenvalue weighted by Gasteiger charge is 2.37. The number of pyridine rings is 1. The standard InChI is InChI=1S/C21H24N2O4/c1-3-6-15-9-10-18(19(13-15)26-2)27-21(25)17-8-5-12-23(17)20(24)16-7-4-11-22-14-16/h3-4,7,9,11,13-14,17-18H,1,5-6,8,10,12H2,2H3. The Kier molecular flexibility index (Phi) is 6.06. The molecule has 1 aliphatic carbocycles. The zero-order chi connectivity index (χ0) is 19.2. The van der Waals surface area contributed by atoms with Crippen molar-refractivity contribution < 1.29 is 19.1 Å². The fourth-order valence-corrected chi connectivity index (χ4v) is 3.44. The SMILES string of the molecule is C=CCC1=CCC(OC(=O)C2CCCN2C(=O)c2cccnc2)C(OC)=C1. The molecular weight excluding hydrogens is 344 g/mol. The molecule has 1 aromatic rings. The van der Waals surface area contributed by atoms with Gasteiger partial charge in [-0.3, -0.25) is 9.78 Å². The predicted molar refractivity (Wildman–Crippen MR) is 101 cm³/mol. The molecule has 2 heterocycles. The van der Waals surface area contributed by atoms with Gasteiger partial charge in [0.25, 0.3) is 5.91 Å². The molecule has 2 unspecified atom stereocenters. The normalized spacial score (nSPS) is 21.9. The molecular formula is C21H24N2O4. The lowest BCUT2D eigenvalue weighted by molar-refractivity contribution is -0.153. The second-order valence-corrected chi connectivity index (χ2v) is 6.58. The Morgan fingerprint density at radius 2 is 2.30 bits per heavy atom. The predicted octanol–water partition coefficient (Wildman–Crippen LogP) is 3.03. The van der Waals surface area contributed by atoms with Crippen molar-refractivity contribution in [2.24, 2.45) is 0 Å². The van der Waals surface area contributed by atoms with Crippen LogP contribution < -0.4 is 0 Å². The first-order valence-corrected chi connectivity index (χ1v) is 9.11. The van der Waals surface area contributed by atoms with Gasteiger partial charge in [-0.15, -0.1) is 6.58 Å². The molecule has 0 bridgehead atoms. The van der Waals surface area contributed by atoms with E-state index < -0.39 is 18.1 Å². The van der Waals surface area contributed by atoms with Crippen LogP contribution in [0.15, 0.2) is 60.7 Å². The Bertz CT molecular complexity index is 770. The molecule has 0 saturated carbocycles. The highest BCUT2D eigenvalue weighted by Crippen LogP contribution is 2.26. The van der Waals surface area contributed by atoms with Gasteiger partial charge in [0.15, 0.2) is 6.10 Å².